The van der Waals surface area contributed by atoms with Gasteiger partial charge in [0, 0.05) is 13.0 Å². The Morgan fingerprint density at radius 3 is 2.53 bits per heavy atom. The molecule has 0 aromatic heterocycles. The van der Waals surface area contributed by atoms with Gasteiger partial charge >= 0.3 is 5.97 Å². The molecule has 0 bridgehead atoms. The SMILES string of the molecule is CCOc1ccc(NC(=O)COC(=O)CCCN2C(=O)c3ccc(C)cc3C2=O)c([N+](=O)[O-])c1. The molecular weight excluding hydrogens is 446 g/mol. The summed E-state index contributed by atoms with van der Waals surface area (Å²) in [5, 5.41) is 13.6. The predicted molar refractivity (Wildman–Crippen MR) is 120 cm³/mol. The van der Waals surface area contributed by atoms with Crippen LogP contribution in [0.5, 0.6) is 5.75 Å². The lowest BCUT2D eigenvalue weighted by atomic mass is 10.1. The molecule has 0 atom stereocenters. The van der Waals surface area contributed by atoms with Crippen molar-refractivity contribution in [2.75, 3.05) is 25.1 Å². The average Bonchev–Trinajstić information content (AvgIpc) is 3.03. The number of hydrogen-bond donors (Lipinski definition) is 1. The maximum Gasteiger partial charge on any atom is 0.306 e. The Hall–Kier alpha value is -4.28. The van der Waals surface area contributed by atoms with Crippen LogP contribution in [0.2, 0.25) is 0 Å². The molecule has 2 aromatic rings. The van der Waals surface area contributed by atoms with Gasteiger partial charge in [0.2, 0.25) is 0 Å². The van der Waals surface area contributed by atoms with Crippen LogP contribution in [-0.2, 0) is 14.3 Å². The Morgan fingerprint density at radius 1 is 1.09 bits per heavy atom. The summed E-state index contributed by atoms with van der Waals surface area (Å²) >= 11 is 0. The van der Waals surface area contributed by atoms with E-state index in [0.717, 1.165) is 10.5 Å². The molecule has 0 radical (unpaired) electrons. The minimum absolute atomic E-state index is 0.0328. The number of ether oxygens (including phenoxy) is 2. The number of nitro benzene ring substituents is 1. The van der Waals surface area contributed by atoms with Crippen molar-refractivity contribution in [2.24, 2.45) is 0 Å². The van der Waals surface area contributed by atoms with E-state index in [9.17, 15) is 29.3 Å². The molecule has 11 nitrogen and oxygen atoms in total. The van der Waals surface area contributed by atoms with Crippen molar-refractivity contribution in [1.82, 2.24) is 4.90 Å². The highest BCUT2D eigenvalue weighted by Gasteiger charge is 2.35. The molecule has 11 heteroatoms. The second-order valence-electron chi connectivity index (χ2n) is 7.49. The molecule has 1 N–H and O–H groups in total. The number of carbonyl (C=O) groups excluding carboxylic acids is 4. The molecule has 3 amide bonds. The maximum atomic E-state index is 12.4. The fourth-order valence-corrected chi connectivity index (χ4v) is 3.42. The Kier molecular flexibility index (Phi) is 7.57. The van der Waals surface area contributed by atoms with Crippen molar-refractivity contribution in [3.63, 3.8) is 0 Å². The molecule has 3 rings (SSSR count). The fraction of sp³-hybridized carbons (Fsp3) is 0.304. The third kappa shape index (κ3) is 5.55. The summed E-state index contributed by atoms with van der Waals surface area (Å²) in [6, 6.07) is 8.98. The second-order valence-corrected chi connectivity index (χ2v) is 7.49. The number of rotatable bonds is 10. The van der Waals surface area contributed by atoms with E-state index < -0.39 is 35.2 Å². The van der Waals surface area contributed by atoms with E-state index in [1.807, 2.05) is 6.92 Å². The Balaban J connectivity index is 1.46. The number of nitro groups is 1. The molecule has 0 aliphatic carbocycles. The van der Waals surface area contributed by atoms with Gasteiger partial charge in [0.15, 0.2) is 6.61 Å². The van der Waals surface area contributed by atoms with Crippen LogP contribution in [0, 0.1) is 17.0 Å². The van der Waals surface area contributed by atoms with Crippen molar-refractivity contribution < 1.29 is 33.6 Å². The Morgan fingerprint density at radius 2 is 1.82 bits per heavy atom. The first-order chi connectivity index (χ1) is 16.2. The number of anilines is 1. The van der Waals surface area contributed by atoms with Gasteiger partial charge < -0.3 is 14.8 Å². The molecule has 0 saturated heterocycles. The van der Waals surface area contributed by atoms with Gasteiger partial charge in [-0.3, -0.25) is 34.2 Å². The minimum Gasteiger partial charge on any atom is -0.494 e. The largest absolute Gasteiger partial charge is 0.494 e. The van der Waals surface area contributed by atoms with Crippen molar-refractivity contribution in [1.29, 1.82) is 0 Å². The van der Waals surface area contributed by atoms with E-state index in [1.165, 1.54) is 18.2 Å². The van der Waals surface area contributed by atoms with E-state index in [2.05, 4.69) is 5.32 Å². The van der Waals surface area contributed by atoms with Crippen molar-refractivity contribution in [3.8, 4) is 5.75 Å². The minimum atomic E-state index is -0.753. The molecule has 34 heavy (non-hydrogen) atoms. The Bertz CT molecular complexity index is 1160. The summed E-state index contributed by atoms with van der Waals surface area (Å²) < 4.78 is 10.1. The monoisotopic (exact) mass is 469 g/mol. The van der Waals surface area contributed by atoms with Gasteiger partial charge in [-0.1, -0.05) is 11.6 Å². The molecule has 1 aliphatic heterocycles. The highest BCUT2D eigenvalue weighted by Crippen LogP contribution is 2.29. The summed E-state index contributed by atoms with van der Waals surface area (Å²) in [7, 11) is 0. The van der Waals surface area contributed by atoms with Crippen LogP contribution in [-0.4, -0.2) is 53.3 Å². The molecule has 0 fully saturated rings. The highest BCUT2D eigenvalue weighted by atomic mass is 16.6. The average molecular weight is 469 g/mol. The van der Waals surface area contributed by atoms with Gasteiger partial charge in [0.05, 0.1) is 28.7 Å². The number of esters is 1. The molecule has 0 unspecified atom stereocenters. The molecule has 1 heterocycles. The quantitative estimate of drug-likeness (QED) is 0.242. The van der Waals surface area contributed by atoms with Gasteiger partial charge in [-0.05, 0) is 44.5 Å². The standard InChI is InChI=1S/C23H23N3O8/c1-3-33-15-7-9-18(19(12-15)26(31)32)24-20(27)13-34-21(28)5-4-10-25-22(29)16-8-6-14(2)11-17(16)23(25)30/h6-9,11-12H,3-5,10,13H2,1-2H3,(H,24,27). The molecule has 178 valence electrons. The zero-order valence-corrected chi connectivity index (χ0v) is 18.7. The summed E-state index contributed by atoms with van der Waals surface area (Å²) in [6.45, 7) is 3.27. The van der Waals surface area contributed by atoms with Gasteiger partial charge in [-0.15, -0.1) is 0 Å². The van der Waals surface area contributed by atoms with E-state index in [1.54, 1.807) is 25.1 Å². The number of fused-ring (bicyclic) bond motifs is 1. The van der Waals surface area contributed by atoms with Crippen LogP contribution >= 0.6 is 0 Å². The van der Waals surface area contributed by atoms with Crippen LogP contribution in [0.15, 0.2) is 36.4 Å². The molecule has 1 aliphatic rings. The topological polar surface area (TPSA) is 145 Å². The van der Waals surface area contributed by atoms with Crippen molar-refractivity contribution >= 4 is 35.1 Å². The van der Waals surface area contributed by atoms with Crippen LogP contribution in [0.3, 0.4) is 0 Å². The van der Waals surface area contributed by atoms with Crippen LogP contribution < -0.4 is 10.1 Å². The van der Waals surface area contributed by atoms with Gasteiger partial charge in [0.25, 0.3) is 23.4 Å². The lowest BCUT2D eigenvalue weighted by molar-refractivity contribution is -0.384. The van der Waals surface area contributed by atoms with E-state index >= 15 is 0 Å². The third-order valence-electron chi connectivity index (χ3n) is 5.00. The molecular formula is C23H23N3O8. The third-order valence-corrected chi connectivity index (χ3v) is 5.00. The lowest BCUT2D eigenvalue weighted by Gasteiger charge is -2.13. The van der Waals surface area contributed by atoms with Crippen molar-refractivity contribution in [3.05, 3.63) is 63.2 Å². The first-order valence-electron chi connectivity index (χ1n) is 10.5. The molecule has 2 aromatic carbocycles. The smallest absolute Gasteiger partial charge is 0.306 e. The van der Waals surface area contributed by atoms with Crippen LogP contribution in [0.4, 0.5) is 11.4 Å². The zero-order valence-electron chi connectivity index (χ0n) is 18.7. The number of hydrogen-bond acceptors (Lipinski definition) is 8. The summed E-state index contributed by atoms with van der Waals surface area (Å²) in [5.74, 6) is -2.00. The normalized spacial score (nSPS) is 12.4. The lowest BCUT2D eigenvalue weighted by Crippen LogP contribution is -2.31. The van der Waals surface area contributed by atoms with Gasteiger partial charge in [0.1, 0.15) is 11.4 Å². The number of nitrogens with one attached hydrogen (secondary N) is 1. The van der Waals surface area contributed by atoms with E-state index in [4.69, 9.17) is 9.47 Å². The maximum absolute atomic E-state index is 12.4. The predicted octanol–water partition coefficient (Wildman–Crippen LogP) is 2.86. The second kappa shape index (κ2) is 10.6. The Labute approximate surface area is 194 Å². The van der Waals surface area contributed by atoms with Crippen LogP contribution in [0.25, 0.3) is 0 Å². The number of amides is 3. The van der Waals surface area contributed by atoms with E-state index in [-0.39, 0.29) is 36.5 Å². The highest BCUT2D eigenvalue weighted by molar-refractivity contribution is 6.21. The summed E-state index contributed by atoms with van der Waals surface area (Å²) in [6.07, 6.45) is 0.0399. The van der Waals surface area contributed by atoms with Crippen molar-refractivity contribution in [2.45, 2.75) is 26.7 Å². The molecule has 0 spiro atoms. The first-order valence-corrected chi connectivity index (χ1v) is 10.5. The first kappa shape index (κ1) is 24.4. The number of benzene rings is 2. The number of aryl methyl sites for hydroxylation is 1. The number of imide groups is 1. The summed E-state index contributed by atoms with van der Waals surface area (Å²) in [4.78, 5) is 60.6. The van der Waals surface area contributed by atoms with E-state index in [0.29, 0.717) is 17.7 Å². The van der Waals surface area contributed by atoms with Crippen LogP contribution in [0.1, 0.15) is 46.0 Å². The van der Waals surface area contributed by atoms with Gasteiger partial charge in [-0.2, -0.15) is 0 Å². The van der Waals surface area contributed by atoms with Gasteiger partial charge in [-0.25, -0.2) is 0 Å². The molecule has 0 saturated carbocycles. The fourth-order valence-electron chi connectivity index (χ4n) is 3.42. The summed E-state index contributed by atoms with van der Waals surface area (Å²) in [5.41, 5.74) is 1.11. The number of nitrogens with zero attached hydrogens (tertiary/aromatic N) is 2. The number of carbonyl (C=O) groups is 4. The zero-order chi connectivity index (χ0) is 24.8.